The van der Waals surface area contributed by atoms with E-state index >= 15 is 0 Å². The lowest BCUT2D eigenvalue weighted by Gasteiger charge is -2.13. The number of rotatable bonds is 5. The van der Waals surface area contributed by atoms with Gasteiger partial charge in [-0.05, 0) is 24.6 Å². The van der Waals surface area contributed by atoms with Gasteiger partial charge in [0.2, 0.25) is 0 Å². The van der Waals surface area contributed by atoms with Gasteiger partial charge in [-0.1, -0.05) is 30.3 Å². The Labute approximate surface area is 124 Å². The van der Waals surface area contributed by atoms with Gasteiger partial charge in [-0.15, -0.1) is 0 Å². The smallest absolute Gasteiger partial charge is 0.163 e. The maximum Gasteiger partial charge on any atom is 0.163 e. The number of hydrogen-bond acceptors (Lipinski definition) is 3. The predicted octanol–water partition coefficient (Wildman–Crippen LogP) is 3.87. The summed E-state index contributed by atoms with van der Waals surface area (Å²) in [6.07, 6.45) is 2.69. The molecule has 108 valence electrons. The van der Waals surface area contributed by atoms with Gasteiger partial charge in [-0.3, -0.25) is 4.79 Å². The topological polar surface area (TPSA) is 39.4 Å². The summed E-state index contributed by atoms with van der Waals surface area (Å²) >= 11 is 0. The van der Waals surface area contributed by atoms with Crippen LogP contribution in [0.4, 0.5) is 0 Å². The zero-order chi connectivity index (χ0) is 14.7. The minimum absolute atomic E-state index is 0.0776. The number of ether oxygens (including phenoxy) is 1. The lowest BCUT2D eigenvalue weighted by Crippen LogP contribution is -2.03. The molecule has 1 aromatic heterocycles. The van der Waals surface area contributed by atoms with Crippen LogP contribution in [0.15, 0.2) is 64.5 Å². The third-order valence-electron chi connectivity index (χ3n) is 3.75. The van der Waals surface area contributed by atoms with Crippen LogP contribution in [0.1, 0.15) is 30.6 Å². The van der Waals surface area contributed by atoms with Gasteiger partial charge in [0, 0.05) is 18.4 Å². The zero-order valence-electron chi connectivity index (χ0n) is 12.0. The summed E-state index contributed by atoms with van der Waals surface area (Å²) in [5.41, 5.74) is 1.91. The van der Waals surface area contributed by atoms with Crippen LogP contribution in [-0.4, -0.2) is 12.4 Å². The highest BCUT2D eigenvalue weighted by atomic mass is 16.5. The Kier molecular flexibility index (Phi) is 3.91. The standard InChI is InChI=1S/C18H18O3/c1-2-20-18-14(11-13-7-4-3-5-8-13)16(19)12-15(18)17-9-6-10-21-17/h3-10,15H,2,11-12H2,1H3. The van der Waals surface area contributed by atoms with E-state index in [2.05, 4.69) is 0 Å². The Morgan fingerprint density at radius 1 is 1.19 bits per heavy atom. The molecule has 0 bridgehead atoms. The number of hydrogen-bond donors (Lipinski definition) is 0. The van der Waals surface area contributed by atoms with Crippen LogP contribution < -0.4 is 0 Å². The summed E-state index contributed by atoms with van der Waals surface area (Å²) in [7, 11) is 0. The van der Waals surface area contributed by atoms with E-state index in [4.69, 9.17) is 9.15 Å². The molecule has 0 aliphatic heterocycles. The van der Waals surface area contributed by atoms with Crippen LogP contribution in [0.25, 0.3) is 0 Å². The van der Waals surface area contributed by atoms with Crippen molar-refractivity contribution in [1.82, 2.24) is 0 Å². The van der Waals surface area contributed by atoms with Gasteiger partial charge in [0.15, 0.2) is 5.78 Å². The third kappa shape index (κ3) is 2.77. The van der Waals surface area contributed by atoms with Gasteiger partial charge in [-0.25, -0.2) is 0 Å². The van der Waals surface area contributed by atoms with E-state index < -0.39 is 0 Å². The molecule has 0 saturated heterocycles. The quantitative estimate of drug-likeness (QED) is 0.835. The monoisotopic (exact) mass is 282 g/mol. The first kappa shape index (κ1) is 13.7. The molecule has 0 fully saturated rings. The second-order valence-electron chi connectivity index (χ2n) is 5.13. The molecule has 0 N–H and O–H groups in total. The molecule has 1 heterocycles. The molecule has 0 spiro atoms. The number of benzene rings is 1. The highest BCUT2D eigenvalue weighted by Gasteiger charge is 2.36. The summed E-state index contributed by atoms with van der Waals surface area (Å²) in [6, 6.07) is 13.8. The first-order chi connectivity index (χ1) is 10.3. The second-order valence-corrected chi connectivity index (χ2v) is 5.13. The molecule has 21 heavy (non-hydrogen) atoms. The second kappa shape index (κ2) is 6.00. The van der Waals surface area contributed by atoms with Gasteiger partial charge >= 0.3 is 0 Å². The Bertz CT molecular complexity index is 638. The Morgan fingerprint density at radius 2 is 2.00 bits per heavy atom. The molecule has 0 radical (unpaired) electrons. The first-order valence-corrected chi connectivity index (χ1v) is 7.26. The van der Waals surface area contributed by atoms with Gasteiger partial charge < -0.3 is 9.15 Å². The molecule has 1 aliphatic carbocycles. The van der Waals surface area contributed by atoms with Gasteiger partial charge in [0.25, 0.3) is 0 Å². The number of carbonyl (C=O) groups is 1. The summed E-state index contributed by atoms with van der Waals surface area (Å²) < 4.78 is 11.3. The molecule has 2 aromatic rings. The van der Waals surface area contributed by atoms with Crippen molar-refractivity contribution in [2.75, 3.05) is 6.61 Å². The van der Waals surface area contributed by atoms with Crippen LogP contribution in [0.3, 0.4) is 0 Å². The number of furan rings is 1. The van der Waals surface area contributed by atoms with Crippen molar-refractivity contribution in [1.29, 1.82) is 0 Å². The van der Waals surface area contributed by atoms with Gasteiger partial charge in [0.1, 0.15) is 11.5 Å². The fourth-order valence-electron chi connectivity index (χ4n) is 2.80. The molecule has 0 saturated carbocycles. The van der Waals surface area contributed by atoms with Crippen molar-refractivity contribution in [2.24, 2.45) is 0 Å². The van der Waals surface area contributed by atoms with Crippen molar-refractivity contribution in [2.45, 2.75) is 25.7 Å². The summed E-state index contributed by atoms with van der Waals surface area (Å²) in [4.78, 5) is 12.4. The Morgan fingerprint density at radius 3 is 2.67 bits per heavy atom. The number of Topliss-reactive ketones (excluding diaryl/α,β-unsaturated/α-hetero) is 1. The lowest BCUT2D eigenvalue weighted by atomic mass is 10.0. The molecule has 1 unspecified atom stereocenters. The molecule has 0 amide bonds. The summed E-state index contributed by atoms with van der Waals surface area (Å²) in [5, 5.41) is 0. The number of allylic oxidation sites excluding steroid dienone is 2. The van der Waals surface area contributed by atoms with Crippen LogP contribution in [0, 0.1) is 0 Å². The molecular weight excluding hydrogens is 264 g/mol. The molecule has 1 atom stereocenters. The SMILES string of the molecule is CCOC1=C(Cc2ccccc2)C(=O)CC1c1ccco1. The van der Waals surface area contributed by atoms with Crippen molar-refractivity contribution in [3.8, 4) is 0 Å². The van der Waals surface area contributed by atoms with E-state index in [1.54, 1.807) is 6.26 Å². The zero-order valence-corrected chi connectivity index (χ0v) is 12.0. The largest absolute Gasteiger partial charge is 0.497 e. The molecule has 3 rings (SSSR count). The van der Waals surface area contributed by atoms with E-state index in [9.17, 15) is 4.79 Å². The van der Waals surface area contributed by atoms with E-state index in [-0.39, 0.29) is 11.7 Å². The molecule has 1 aromatic carbocycles. The van der Waals surface area contributed by atoms with Crippen LogP contribution in [0.5, 0.6) is 0 Å². The molecule has 1 aliphatic rings. The molecular formula is C18H18O3. The fourth-order valence-corrected chi connectivity index (χ4v) is 2.80. The highest BCUT2D eigenvalue weighted by Crippen LogP contribution is 2.39. The van der Waals surface area contributed by atoms with E-state index in [0.29, 0.717) is 19.4 Å². The number of ketones is 1. The lowest BCUT2D eigenvalue weighted by molar-refractivity contribution is -0.115. The van der Waals surface area contributed by atoms with Crippen molar-refractivity contribution in [3.63, 3.8) is 0 Å². The van der Waals surface area contributed by atoms with Crippen molar-refractivity contribution < 1.29 is 13.9 Å². The summed E-state index contributed by atoms with van der Waals surface area (Å²) in [5.74, 6) is 1.66. The minimum atomic E-state index is -0.0776. The van der Waals surface area contributed by atoms with Gasteiger partial charge in [-0.2, -0.15) is 0 Å². The number of carbonyl (C=O) groups excluding carboxylic acids is 1. The average Bonchev–Trinajstić information content (AvgIpc) is 3.12. The molecule has 3 nitrogen and oxygen atoms in total. The minimum Gasteiger partial charge on any atom is -0.497 e. The highest BCUT2D eigenvalue weighted by molar-refractivity contribution is 6.00. The third-order valence-corrected chi connectivity index (χ3v) is 3.75. The normalized spacial score (nSPS) is 18.3. The predicted molar refractivity (Wildman–Crippen MR) is 79.9 cm³/mol. The maximum atomic E-state index is 12.4. The fraction of sp³-hybridized carbons (Fsp3) is 0.278. The van der Waals surface area contributed by atoms with E-state index in [0.717, 1.165) is 22.7 Å². The van der Waals surface area contributed by atoms with E-state index in [1.807, 2.05) is 49.4 Å². The van der Waals surface area contributed by atoms with Crippen molar-refractivity contribution in [3.05, 3.63) is 71.4 Å². The van der Waals surface area contributed by atoms with Crippen LogP contribution >= 0.6 is 0 Å². The maximum absolute atomic E-state index is 12.4. The van der Waals surface area contributed by atoms with Gasteiger partial charge in [0.05, 0.1) is 18.8 Å². The Balaban J connectivity index is 1.94. The average molecular weight is 282 g/mol. The molecule has 3 heteroatoms. The van der Waals surface area contributed by atoms with E-state index in [1.165, 1.54) is 0 Å². The summed E-state index contributed by atoms with van der Waals surface area (Å²) in [6.45, 7) is 2.49. The first-order valence-electron chi connectivity index (χ1n) is 7.26. The van der Waals surface area contributed by atoms with Crippen LogP contribution in [-0.2, 0) is 16.0 Å². The van der Waals surface area contributed by atoms with Crippen molar-refractivity contribution >= 4 is 5.78 Å². The Hall–Kier alpha value is -2.29. The van der Waals surface area contributed by atoms with Crippen LogP contribution in [0.2, 0.25) is 0 Å².